The molecule has 1 saturated heterocycles. The van der Waals surface area contributed by atoms with E-state index < -0.39 is 48.0 Å². The number of hydrogen-bond acceptors (Lipinski definition) is 9. The van der Waals surface area contributed by atoms with Crippen molar-refractivity contribution in [1.82, 2.24) is 4.98 Å². The largest absolute Gasteiger partial charge is 0.392 e. The second-order valence-electron chi connectivity index (χ2n) is 16.5. The fourth-order valence-electron chi connectivity index (χ4n) is 11.8. The first-order chi connectivity index (χ1) is 20.0. The first kappa shape index (κ1) is 30.5. The first-order valence-corrected chi connectivity index (χ1v) is 16.4. The molecule has 0 amide bonds. The van der Waals surface area contributed by atoms with Crippen LogP contribution >= 0.6 is 0 Å². The molecule has 43 heavy (non-hydrogen) atoms. The lowest BCUT2D eigenvalue weighted by atomic mass is 9.42. The Kier molecular flexibility index (Phi) is 6.53. The fraction of sp³-hybridized carbons (Fsp3) is 0.853. The summed E-state index contributed by atoms with van der Waals surface area (Å²) >= 11 is 0. The molecule has 5 fully saturated rings. The second-order valence-corrected chi connectivity index (χ2v) is 16.5. The van der Waals surface area contributed by atoms with Crippen LogP contribution in [-0.4, -0.2) is 84.1 Å². The molecule has 0 unspecified atom stereocenters. The number of rotatable bonds is 4. The van der Waals surface area contributed by atoms with Crippen molar-refractivity contribution in [2.75, 3.05) is 6.61 Å². The van der Waals surface area contributed by atoms with Crippen LogP contribution in [0.2, 0.25) is 0 Å². The molecule has 7 rings (SSSR count). The molecule has 2 heterocycles. The summed E-state index contributed by atoms with van der Waals surface area (Å²) in [4.78, 5) is 4.99. The minimum atomic E-state index is -1.32. The normalized spacial score (nSPS) is 51.0. The van der Waals surface area contributed by atoms with Gasteiger partial charge in [-0.15, -0.1) is 0 Å². The van der Waals surface area contributed by atoms with Crippen molar-refractivity contribution >= 4 is 0 Å². The van der Waals surface area contributed by atoms with Gasteiger partial charge in [-0.25, -0.2) is 0 Å². The Morgan fingerprint density at radius 2 is 1.74 bits per heavy atom. The predicted molar refractivity (Wildman–Crippen MR) is 157 cm³/mol. The van der Waals surface area contributed by atoms with E-state index in [1.54, 1.807) is 13.8 Å². The van der Waals surface area contributed by atoms with Gasteiger partial charge in [-0.2, -0.15) is 0 Å². The Morgan fingerprint density at radius 1 is 1.05 bits per heavy atom. The molecular formula is C34H51NO8. The summed E-state index contributed by atoms with van der Waals surface area (Å²) in [5, 5.41) is 64.7. The van der Waals surface area contributed by atoms with Crippen LogP contribution in [0.3, 0.4) is 0 Å². The molecule has 240 valence electrons. The number of aromatic nitrogens is 1. The van der Waals surface area contributed by atoms with E-state index >= 15 is 0 Å². The van der Waals surface area contributed by atoms with Gasteiger partial charge in [0.25, 0.3) is 0 Å². The molecule has 6 aliphatic rings. The number of aliphatic hydroxyl groups excluding tert-OH is 5. The SMILES string of the molecule is Cc1cc([C@H](O)C(C)(C)O)nc2c1[C@@]1(C)C[C@H](O)[C@@]34C[C@@]35CCC[C@](C)(O[C@@H]3OC[C@@H](O)[C@H](O)[C@H]3O)[C@H]5CC[C@H]4[C@]1(C)C2. The van der Waals surface area contributed by atoms with Gasteiger partial charge in [0.2, 0.25) is 0 Å². The lowest BCUT2D eigenvalue weighted by Gasteiger charge is -2.63. The fourth-order valence-corrected chi connectivity index (χ4v) is 11.8. The van der Waals surface area contributed by atoms with E-state index in [-0.39, 0.29) is 40.1 Å². The number of aliphatic hydroxyl groups is 6. The quantitative estimate of drug-likeness (QED) is 0.306. The molecule has 0 bridgehead atoms. The Hall–Kier alpha value is -1.17. The Bertz CT molecular complexity index is 1320. The van der Waals surface area contributed by atoms with Gasteiger partial charge in [0, 0.05) is 16.5 Å². The standard InChI is InChI=1S/C34H51NO8/c1-17-12-18(27(40)29(2,3)41)35-19-13-30(4)21-8-9-22-32(6,43-28-26(39)25(38)20(36)15-42-28)10-7-11-33(22)16-34(21,33)23(37)14-31(30,5)24(17)19/h12,20-23,25-28,36-41H,7-11,13-16H2,1-6H3/t20-,21+,22-,23+,25+,26-,27+,28+,30+,31-,32+,33-,34+/m1/s1. The number of hydrogen-bond donors (Lipinski definition) is 6. The summed E-state index contributed by atoms with van der Waals surface area (Å²) in [7, 11) is 0. The number of pyridine rings is 1. The van der Waals surface area contributed by atoms with Crippen LogP contribution in [-0.2, 0) is 21.3 Å². The highest BCUT2D eigenvalue weighted by atomic mass is 16.7. The van der Waals surface area contributed by atoms with E-state index in [0.717, 1.165) is 56.2 Å². The van der Waals surface area contributed by atoms with Gasteiger partial charge in [-0.3, -0.25) is 4.98 Å². The zero-order chi connectivity index (χ0) is 31.1. The monoisotopic (exact) mass is 601 g/mol. The highest BCUT2D eigenvalue weighted by Crippen LogP contribution is 2.87. The van der Waals surface area contributed by atoms with E-state index in [4.69, 9.17) is 14.5 Å². The topological polar surface area (TPSA) is 153 Å². The van der Waals surface area contributed by atoms with Crippen LogP contribution < -0.4 is 0 Å². The maximum atomic E-state index is 12.3. The van der Waals surface area contributed by atoms with Crippen molar-refractivity contribution in [3.8, 4) is 0 Å². The summed E-state index contributed by atoms with van der Waals surface area (Å²) in [5.41, 5.74) is 1.19. The molecule has 1 aliphatic heterocycles. The van der Waals surface area contributed by atoms with E-state index in [2.05, 4.69) is 27.7 Å². The van der Waals surface area contributed by atoms with Crippen LogP contribution in [0.4, 0.5) is 0 Å². The van der Waals surface area contributed by atoms with Crippen LogP contribution in [0.15, 0.2) is 6.07 Å². The van der Waals surface area contributed by atoms with Crippen LogP contribution in [0.1, 0.15) is 108 Å². The van der Waals surface area contributed by atoms with Gasteiger partial charge in [-0.1, -0.05) is 13.8 Å². The van der Waals surface area contributed by atoms with Gasteiger partial charge in [0.1, 0.15) is 24.4 Å². The van der Waals surface area contributed by atoms with E-state index in [1.807, 2.05) is 6.07 Å². The molecule has 9 nitrogen and oxygen atoms in total. The minimum absolute atomic E-state index is 0.0655. The Balaban J connectivity index is 1.22. The second kappa shape index (κ2) is 9.22. The maximum absolute atomic E-state index is 12.3. The minimum Gasteiger partial charge on any atom is -0.392 e. The molecular weight excluding hydrogens is 550 g/mol. The summed E-state index contributed by atoms with van der Waals surface area (Å²) < 4.78 is 12.3. The van der Waals surface area contributed by atoms with Gasteiger partial charge in [-0.05, 0) is 119 Å². The lowest BCUT2D eigenvalue weighted by molar-refractivity contribution is -0.319. The smallest absolute Gasteiger partial charge is 0.186 e. The van der Waals surface area contributed by atoms with Crippen molar-refractivity contribution in [3.05, 3.63) is 28.6 Å². The van der Waals surface area contributed by atoms with Crippen molar-refractivity contribution < 1.29 is 40.1 Å². The van der Waals surface area contributed by atoms with Crippen LogP contribution in [0, 0.1) is 35.0 Å². The van der Waals surface area contributed by atoms with Crippen molar-refractivity contribution in [2.24, 2.45) is 28.1 Å². The Labute approximate surface area is 254 Å². The van der Waals surface area contributed by atoms with Gasteiger partial charge >= 0.3 is 0 Å². The van der Waals surface area contributed by atoms with E-state index in [1.165, 1.54) is 5.56 Å². The van der Waals surface area contributed by atoms with E-state index in [9.17, 15) is 30.6 Å². The molecule has 2 spiro atoms. The third kappa shape index (κ3) is 3.77. The highest BCUT2D eigenvalue weighted by molar-refractivity contribution is 5.49. The average Bonchev–Trinajstić information content (AvgIpc) is 3.54. The first-order valence-electron chi connectivity index (χ1n) is 16.4. The highest BCUT2D eigenvalue weighted by Gasteiger charge is 2.85. The van der Waals surface area contributed by atoms with Crippen molar-refractivity contribution in [1.29, 1.82) is 0 Å². The molecule has 5 aliphatic carbocycles. The van der Waals surface area contributed by atoms with E-state index in [0.29, 0.717) is 12.1 Å². The number of nitrogens with zero attached hydrogens (tertiary/aromatic N) is 1. The lowest BCUT2D eigenvalue weighted by Crippen LogP contribution is -2.63. The molecule has 6 N–H and O–H groups in total. The van der Waals surface area contributed by atoms with Gasteiger partial charge < -0.3 is 40.1 Å². The number of ether oxygens (including phenoxy) is 2. The zero-order valence-corrected chi connectivity index (χ0v) is 26.5. The zero-order valence-electron chi connectivity index (χ0n) is 26.5. The molecule has 1 aromatic rings. The molecule has 9 heteroatoms. The Morgan fingerprint density at radius 3 is 2.44 bits per heavy atom. The summed E-state index contributed by atoms with van der Waals surface area (Å²) in [6, 6.07) is 1.92. The number of fused-ring (bicyclic) bond motifs is 4. The van der Waals surface area contributed by atoms with Crippen LogP contribution in [0.5, 0.6) is 0 Å². The maximum Gasteiger partial charge on any atom is 0.186 e. The molecule has 1 aromatic heterocycles. The number of aryl methyl sites for hydroxylation is 1. The van der Waals surface area contributed by atoms with Crippen molar-refractivity contribution in [2.45, 2.75) is 146 Å². The summed E-state index contributed by atoms with van der Waals surface area (Å²) in [5.74, 6) is 0.474. The molecule has 4 saturated carbocycles. The molecule has 0 aromatic carbocycles. The van der Waals surface area contributed by atoms with Crippen LogP contribution in [0.25, 0.3) is 0 Å². The third-order valence-corrected chi connectivity index (χ3v) is 13.9. The summed E-state index contributed by atoms with van der Waals surface area (Å²) in [6.07, 6.45) is 0.765. The molecule has 13 atom stereocenters. The third-order valence-electron chi connectivity index (χ3n) is 13.9. The predicted octanol–water partition coefficient (Wildman–Crippen LogP) is 2.58. The van der Waals surface area contributed by atoms with Gasteiger partial charge in [0.15, 0.2) is 6.29 Å². The van der Waals surface area contributed by atoms with Gasteiger partial charge in [0.05, 0.1) is 29.6 Å². The molecule has 0 radical (unpaired) electrons. The van der Waals surface area contributed by atoms with Crippen molar-refractivity contribution in [3.63, 3.8) is 0 Å². The summed E-state index contributed by atoms with van der Waals surface area (Å²) in [6.45, 7) is 12.0. The average molecular weight is 602 g/mol.